The van der Waals surface area contributed by atoms with Gasteiger partial charge in [-0.1, -0.05) is 0 Å². The van der Waals surface area contributed by atoms with Crippen LogP contribution >= 0.6 is 0 Å². The van der Waals surface area contributed by atoms with E-state index in [4.69, 9.17) is 51.7 Å². The number of amides is 1. The van der Waals surface area contributed by atoms with E-state index in [0.29, 0.717) is 45.4 Å². The van der Waals surface area contributed by atoms with Gasteiger partial charge in [-0.2, -0.15) is 0 Å². The number of carbonyl (C=O) groups is 1. The molecule has 0 aromatic carbocycles. The van der Waals surface area contributed by atoms with Crippen LogP contribution in [0.1, 0.15) is 51.4 Å². The maximum absolute atomic E-state index is 12.5. The highest BCUT2D eigenvalue weighted by molar-refractivity contribution is 5.86. The Hall–Kier alpha value is -1.09. The van der Waals surface area contributed by atoms with Crippen LogP contribution in [0, 0.1) is 0 Å². The Kier molecular flexibility index (Phi) is 15.5. The van der Waals surface area contributed by atoms with Gasteiger partial charge in [0.25, 0.3) is 5.91 Å². The van der Waals surface area contributed by atoms with E-state index in [0.717, 1.165) is 32.8 Å². The average Bonchev–Trinajstić information content (AvgIpc) is 3.48. The van der Waals surface area contributed by atoms with E-state index in [1.807, 2.05) is 0 Å². The molecule has 0 aromatic rings. The Morgan fingerprint density at radius 1 is 0.932 bits per heavy atom. The maximum Gasteiger partial charge on any atom is 0.254 e. The van der Waals surface area contributed by atoms with Gasteiger partial charge in [-0.25, -0.2) is 0 Å². The maximum atomic E-state index is 12.5. The Morgan fingerprint density at radius 3 is 2.20 bits per heavy atom. The van der Waals surface area contributed by atoms with Crippen molar-refractivity contribution in [3.63, 3.8) is 0 Å². The first-order valence-corrected chi connectivity index (χ1v) is 15.8. The van der Waals surface area contributed by atoms with Gasteiger partial charge in [0.15, 0.2) is 18.2 Å². The first-order chi connectivity index (χ1) is 21.1. The highest BCUT2D eigenvalue weighted by Crippen LogP contribution is 2.32. The number of hydrogen-bond donors (Lipinski definition) is 10. The first kappa shape index (κ1) is 37.4. The lowest BCUT2D eigenvalue weighted by Gasteiger charge is -2.44. The molecule has 4 heterocycles. The molecule has 1 aliphatic carbocycles. The van der Waals surface area contributed by atoms with Crippen molar-refractivity contribution in [1.29, 1.82) is 0 Å². The minimum Gasteiger partial charge on any atom is -0.400 e. The standard InChI is InChI=1S/C21H38N4O7.C6H14N2O2.CH4O/c22-8-13-2-1-3-17(29-13)32-19-15(23)6-12(25-20(27)21(28)10-24-11-21)7-16(19)31-18-5-4-14(9-26)30-18;7-2-4-1-6(9)5(8)3-10-4;1-2/h12-19,24,26,28H,1-11,22-23H2,(H,25,27);4-6,9H,1-3,7-8H2;2H,1H3/t12?,13?,14?,15?,16?,17-,18?,19-;4-,5+,6?;/m11./s1. The fourth-order valence-electron chi connectivity index (χ4n) is 5.98. The normalized spacial score (nSPS) is 40.0. The van der Waals surface area contributed by atoms with Crippen LogP contribution in [0.15, 0.2) is 0 Å². The first-order valence-electron chi connectivity index (χ1n) is 15.8. The van der Waals surface area contributed by atoms with Gasteiger partial charge in [-0.3, -0.25) is 4.79 Å². The van der Waals surface area contributed by atoms with Crippen molar-refractivity contribution in [2.75, 3.05) is 46.5 Å². The third-order valence-electron chi connectivity index (χ3n) is 8.72. The van der Waals surface area contributed by atoms with Crippen LogP contribution in [0.2, 0.25) is 0 Å². The minimum absolute atomic E-state index is 0.00481. The summed E-state index contributed by atoms with van der Waals surface area (Å²) >= 11 is 0. The lowest BCUT2D eigenvalue weighted by atomic mass is 9.85. The topological polar surface area (TPSA) is 272 Å². The predicted octanol–water partition coefficient (Wildman–Crippen LogP) is -3.92. The summed E-state index contributed by atoms with van der Waals surface area (Å²) in [6.07, 6.45) is 3.13. The third kappa shape index (κ3) is 10.5. The summed E-state index contributed by atoms with van der Waals surface area (Å²) in [6, 6.07) is -0.890. The van der Waals surface area contributed by atoms with Gasteiger partial charge in [0.1, 0.15) is 6.10 Å². The second-order valence-corrected chi connectivity index (χ2v) is 12.2. The number of carbonyl (C=O) groups excluding carboxylic acids is 1. The molecule has 5 aliphatic rings. The molecule has 16 heteroatoms. The molecule has 14 N–H and O–H groups in total. The fraction of sp³-hybridized carbons (Fsp3) is 0.964. The van der Waals surface area contributed by atoms with Crippen molar-refractivity contribution in [3.8, 4) is 0 Å². The monoisotopic (exact) mass is 636 g/mol. The van der Waals surface area contributed by atoms with E-state index in [-0.39, 0.29) is 50.1 Å². The van der Waals surface area contributed by atoms with E-state index in [2.05, 4.69) is 10.6 Å². The summed E-state index contributed by atoms with van der Waals surface area (Å²) in [7, 11) is 1.00. The van der Waals surface area contributed by atoms with Crippen LogP contribution in [-0.2, 0) is 28.5 Å². The number of aliphatic hydroxyl groups is 4. The molecule has 4 saturated heterocycles. The smallest absolute Gasteiger partial charge is 0.254 e. The Morgan fingerprint density at radius 2 is 1.61 bits per heavy atom. The van der Waals surface area contributed by atoms with Crippen molar-refractivity contribution < 1.29 is 48.9 Å². The molecule has 5 rings (SSSR count). The van der Waals surface area contributed by atoms with Crippen LogP contribution in [0.25, 0.3) is 0 Å². The van der Waals surface area contributed by atoms with Crippen molar-refractivity contribution in [2.24, 2.45) is 22.9 Å². The zero-order chi connectivity index (χ0) is 32.3. The molecule has 4 aliphatic heterocycles. The molecule has 5 fully saturated rings. The van der Waals surface area contributed by atoms with Crippen LogP contribution in [-0.4, -0.2) is 146 Å². The van der Waals surface area contributed by atoms with Gasteiger partial charge in [-0.15, -0.1) is 0 Å². The molecule has 7 unspecified atom stereocenters. The quantitative estimate of drug-likeness (QED) is 0.116. The molecule has 44 heavy (non-hydrogen) atoms. The van der Waals surface area contributed by atoms with Gasteiger partial charge in [0.05, 0.1) is 49.8 Å². The van der Waals surface area contributed by atoms with Crippen LogP contribution in [0.4, 0.5) is 0 Å². The lowest BCUT2D eigenvalue weighted by molar-refractivity contribution is -0.262. The minimum atomic E-state index is -1.37. The molecule has 0 spiro atoms. The molecular weight excluding hydrogens is 580 g/mol. The zero-order valence-corrected chi connectivity index (χ0v) is 25.8. The molecular formula is C28H56N6O10. The van der Waals surface area contributed by atoms with E-state index in [1.54, 1.807) is 0 Å². The number of ether oxygens (including phenoxy) is 5. The highest BCUT2D eigenvalue weighted by Gasteiger charge is 2.46. The summed E-state index contributed by atoms with van der Waals surface area (Å²) in [6.45, 7) is 1.76. The molecule has 1 amide bonds. The van der Waals surface area contributed by atoms with E-state index >= 15 is 0 Å². The van der Waals surface area contributed by atoms with Crippen molar-refractivity contribution in [3.05, 3.63) is 0 Å². The predicted molar refractivity (Wildman–Crippen MR) is 159 cm³/mol. The molecule has 0 bridgehead atoms. The van der Waals surface area contributed by atoms with E-state index in [1.165, 1.54) is 0 Å². The molecule has 11 atom stereocenters. The molecule has 0 radical (unpaired) electrons. The number of aliphatic hydroxyl groups excluding tert-OH is 3. The number of hydrogen-bond acceptors (Lipinski definition) is 15. The summed E-state index contributed by atoms with van der Waals surface area (Å²) in [5.74, 6) is -0.398. The van der Waals surface area contributed by atoms with Gasteiger partial charge in [0.2, 0.25) is 0 Å². The summed E-state index contributed by atoms with van der Waals surface area (Å²) in [4.78, 5) is 12.5. The highest BCUT2D eigenvalue weighted by atomic mass is 16.7. The van der Waals surface area contributed by atoms with Crippen molar-refractivity contribution in [1.82, 2.24) is 10.6 Å². The van der Waals surface area contributed by atoms with Crippen molar-refractivity contribution >= 4 is 5.91 Å². The second kappa shape index (κ2) is 18.3. The average molecular weight is 637 g/mol. The number of β-amino-alcohol motifs (C(OH)–C–C–N with tert-alkyl or cyclic N) is 1. The molecule has 16 nitrogen and oxygen atoms in total. The largest absolute Gasteiger partial charge is 0.400 e. The fourth-order valence-corrected chi connectivity index (χ4v) is 5.98. The zero-order valence-electron chi connectivity index (χ0n) is 25.8. The SMILES string of the molecule is CO.NCC1CCC[C@@H](O[C@@H]2C(N)CC(NC(=O)C3(O)CNC3)CC2OC2CCC(CO)O2)O1.NC[C@H]1CC(O)[C@@H](N)CO1. The second-order valence-electron chi connectivity index (χ2n) is 12.2. The van der Waals surface area contributed by atoms with Crippen LogP contribution in [0.3, 0.4) is 0 Å². The lowest BCUT2D eigenvalue weighted by Crippen LogP contribution is -2.69. The number of nitrogens with one attached hydrogen (secondary N) is 2. The van der Waals surface area contributed by atoms with Gasteiger partial charge < -0.3 is 77.7 Å². The molecule has 258 valence electrons. The number of rotatable bonds is 9. The van der Waals surface area contributed by atoms with Gasteiger partial charge in [-0.05, 0) is 38.5 Å². The Balaban J connectivity index is 0.000000372. The van der Waals surface area contributed by atoms with Crippen LogP contribution < -0.4 is 33.6 Å². The third-order valence-corrected chi connectivity index (χ3v) is 8.72. The molecule has 1 saturated carbocycles. The Labute approximate surface area is 259 Å². The van der Waals surface area contributed by atoms with Crippen molar-refractivity contribution in [2.45, 2.75) is 124 Å². The van der Waals surface area contributed by atoms with Gasteiger partial charge >= 0.3 is 0 Å². The number of nitrogens with two attached hydrogens (primary N) is 4. The van der Waals surface area contributed by atoms with Gasteiger partial charge in [0, 0.05) is 58.2 Å². The van der Waals surface area contributed by atoms with E-state index < -0.39 is 48.4 Å². The molecule has 0 aromatic heterocycles. The van der Waals surface area contributed by atoms with Crippen LogP contribution in [0.5, 0.6) is 0 Å². The van der Waals surface area contributed by atoms with E-state index in [9.17, 15) is 20.1 Å². The summed E-state index contributed by atoms with van der Waals surface area (Å²) < 4.78 is 29.5. The Bertz CT molecular complexity index is 845. The summed E-state index contributed by atoms with van der Waals surface area (Å²) in [5.41, 5.74) is 21.7. The summed E-state index contributed by atoms with van der Waals surface area (Å²) in [5, 5.41) is 41.7.